The minimum absolute atomic E-state index is 0.176. The number of hydrogen-bond acceptors (Lipinski definition) is 5. The molecule has 0 spiro atoms. The highest BCUT2D eigenvalue weighted by Gasteiger charge is 2.15. The third-order valence-electron chi connectivity index (χ3n) is 5.10. The first kappa shape index (κ1) is 19.5. The van der Waals surface area contributed by atoms with Gasteiger partial charge in [0.2, 0.25) is 0 Å². The van der Waals surface area contributed by atoms with E-state index in [4.69, 9.17) is 9.72 Å². The number of aromatic nitrogens is 3. The molecular weight excluding hydrogens is 376 g/mol. The molecule has 4 aromatic rings. The first-order valence-electron chi connectivity index (χ1n) is 9.66. The van der Waals surface area contributed by atoms with E-state index in [1.165, 1.54) is 0 Å². The molecule has 6 nitrogen and oxygen atoms in total. The van der Waals surface area contributed by atoms with Crippen molar-refractivity contribution in [2.75, 3.05) is 7.11 Å². The molecule has 0 aliphatic carbocycles. The van der Waals surface area contributed by atoms with Crippen LogP contribution in [-0.4, -0.2) is 28.0 Å². The van der Waals surface area contributed by atoms with Gasteiger partial charge in [0.05, 0.1) is 36.1 Å². The Kier molecular flexibility index (Phi) is 5.39. The van der Waals surface area contributed by atoms with Gasteiger partial charge in [-0.3, -0.25) is 14.8 Å². The summed E-state index contributed by atoms with van der Waals surface area (Å²) >= 11 is 0. The zero-order valence-electron chi connectivity index (χ0n) is 17.1. The first-order valence-corrected chi connectivity index (χ1v) is 9.66. The van der Waals surface area contributed by atoms with Crippen LogP contribution in [0.5, 0.6) is 5.75 Å². The second kappa shape index (κ2) is 8.29. The molecule has 3 heterocycles. The van der Waals surface area contributed by atoms with E-state index < -0.39 is 0 Å². The van der Waals surface area contributed by atoms with Crippen molar-refractivity contribution in [1.82, 2.24) is 20.3 Å². The van der Waals surface area contributed by atoms with Gasteiger partial charge in [0.1, 0.15) is 5.75 Å². The minimum atomic E-state index is -0.176. The number of para-hydroxylation sites is 1. The molecule has 1 aromatic carbocycles. The zero-order valence-corrected chi connectivity index (χ0v) is 17.1. The Bertz CT molecular complexity index is 1220. The fourth-order valence-corrected chi connectivity index (χ4v) is 3.54. The van der Waals surface area contributed by atoms with E-state index in [0.29, 0.717) is 12.1 Å². The number of amides is 1. The molecular formula is C24H22N4O2. The molecule has 0 atom stereocenters. The zero-order chi connectivity index (χ0) is 21.1. The fourth-order valence-electron chi connectivity index (χ4n) is 3.54. The summed E-state index contributed by atoms with van der Waals surface area (Å²) in [7, 11) is 1.64. The number of nitrogens with zero attached hydrogens (tertiary/aromatic N) is 3. The maximum Gasteiger partial charge on any atom is 0.252 e. The lowest BCUT2D eigenvalue weighted by Crippen LogP contribution is -2.24. The Morgan fingerprint density at radius 1 is 1.10 bits per heavy atom. The van der Waals surface area contributed by atoms with Crippen LogP contribution in [0, 0.1) is 13.8 Å². The van der Waals surface area contributed by atoms with E-state index in [9.17, 15) is 4.79 Å². The van der Waals surface area contributed by atoms with E-state index in [1.807, 2.05) is 56.3 Å². The molecule has 0 saturated carbocycles. The Hall–Kier alpha value is -3.80. The average molecular weight is 398 g/mol. The largest absolute Gasteiger partial charge is 0.496 e. The van der Waals surface area contributed by atoms with Gasteiger partial charge in [-0.15, -0.1) is 0 Å². The van der Waals surface area contributed by atoms with Gasteiger partial charge in [-0.25, -0.2) is 4.98 Å². The summed E-state index contributed by atoms with van der Waals surface area (Å²) in [5.74, 6) is 0.619. The number of hydrogen-bond donors (Lipinski definition) is 1. The number of benzene rings is 1. The molecule has 6 heteroatoms. The normalized spacial score (nSPS) is 10.8. The van der Waals surface area contributed by atoms with E-state index >= 15 is 0 Å². The van der Waals surface area contributed by atoms with Crippen molar-refractivity contribution in [3.63, 3.8) is 0 Å². The molecule has 0 fully saturated rings. The topological polar surface area (TPSA) is 77.0 Å². The minimum Gasteiger partial charge on any atom is -0.496 e. The van der Waals surface area contributed by atoms with Gasteiger partial charge in [0.25, 0.3) is 5.91 Å². The average Bonchev–Trinajstić information content (AvgIpc) is 2.78. The van der Waals surface area contributed by atoms with Gasteiger partial charge < -0.3 is 10.1 Å². The van der Waals surface area contributed by atoms with Gasteiger partial charge in [-0.2, -0.15) is 0 Å². The van der Waals surface area contributed by atoms with Crippen LogP contribution in [0.1, 0.15) is 27.2 Å². The van der Waals surface area contributed by atoms with Crippen LogP contribution < -0.4 is 10.1 Å². The molecule has 0 radical (unpaired) electrons. The fraction of sp³-hybridized carbons (Fsp3) is 0.167. The van der Waals surface area contributed by atoms with Gasteiger partial charge in [-0.1, -0.05) is 18.2 Å². The number of pyridine rings is 3. The third kappa shape index (κ3) is 3.72. The summed E-state index contributed by atoms with van der Waals surface area (Å²) in [5.41, 5.74) is 5.64. The molecule has 0 unspecified atom stereocenters. The number of rotatable bonds is 5. The predicted molar refractivity (Wildman–Crippen MR) is 116 cm³/mol. The van der Waals surface area contributed by atoms with E-state index in [2.05, 4.69) is 15.3 Å². The van der Waals surface area contributed by atoms with Crippen LogP contribution in [0.4, 0.5) is 0 Å². The molecule has 0 aliphatic heterocycles. The van der Waals surface area contributed by atoms with Gasteiger partial charge in [0.15, 0.2) is 0 Å². The quantitative estimate of drug-likeness (QED) is 0.544. The SMILES string of the molecule is COc1c(C)cnc(CNC(=O)c2cc(-c3ccncc3)nc3ccccc23)c1C. The van der Waals surface area contributed by atoms with Crippen LogP contribution in [0.15, 0.2) is 61.1 Å². The van der Waals surface area contributed by atoms with Gasteiger partial charge in [0, 0.05) is 40.7 Å². The number of carbonyl (C=O) groups is 1. The van der Waals surface area contributed by atoms with Crippen LogP contribution >= 0.6 is 0 Å². The van der Waals surface area contributed by atoms with Crippen LogP contribution in [0.25, 0.3) is 22.2 Å². The van der Waals surface area contributed by atoms with Crippen LogP contribution in [-0.2, 0) is 6.54 Å². The van der Waals surface area contributed by atoms with Crippen molar-refractivity contribution < 1.29 is 9.53 Å². The molecule has 1 N–H and O–H groups in total. The van der Waals surface area contributed by atoms with Gasteiger partial charge >= 0.3 is 0 Å². The van der Waals surface area contributed by atoms with Crippen molar-refractivity contribution in [3.8, 4) is 17.0 Å². The van der Waals surface area contributed by atoms with Crippen molar-refractivity contribution >= 4 is 16.8 Å². The second-order valence-electron chi connectivity index (χ2n) is 7.04. The van der Waals surface area contributed by atoms with Crippen molar-refractivity contribution in [3.05, 3.63) is 83.4 Å². The maximum absolute atomic E-state index is 13.1. The van der Waals surface area contributed by atoms with Gasteiger partial charge in [-0.05, 0) is 38.1 Å². The molecule has 1 amide bonds. The smallest absolute Gasteiger partial charge is 0.252 e. The number of carbonyl (C=O) groups excluding carboxylic acids is 1. The summed E-state index contributed by atoms with van der Waals surface area (Å²) in [5, 5.41) is 3.81. The highest BCUT2D eigenvalue weighted by Crippen LogP contribution is 2.26. The number of nitrogens with one attached hydrogen (secondary N) is 1. The summed E-state index contributed by atoms with van der Waals surface area (Å²) in [6, 6.07) is 13.2. The Balaban J connectivity index is 1.68. The summed E-state index contributed by atoms with van der Waals surface area (Å²) in [6.07, 6.45) is 5.19. The van der Waals surface area contributed by atoms with E-state index in [1.54, 1.807) is 25.7 Å². The predicted octanol–water partition coefficient (Wildman–Crippen LogP) is 4.25. The summed E-state index contributed by atoms with van der Waals surface area (Å²) < 4.78 is 5.46. The van der Waals surface area contributed by atoms with Crippen molar-refractivity contribution in [2.45, 2.75) is 20.4 Å². The van der Waals surface area contributed by atoms with E-state index in [0.717, 1.165) is 44.7 Å². The number of methoxy groups -OCH3 is 1. The molecule has 150 valence electrons. The monoisotopic (exact) mass is 398 g/mol. The molecule has 3 aromatic heterocycles. The molecule has 30 heavy (non-hydrogen) atoms. The molecule has 0 saturated heterocycles. The number of ether oxygens (including phenoxy) is 1. The summed E-state index contributed by atoms with van der Waals surface area (Å²) in [6.45, 7) is 4.21. The van der Waals surface area contributed by atoms with Crippen LogP contribution in [0.3, 0.4) is 0 Å². The summed E-state index contributed by atoms with van der Waals surface area (Å²) in [4.78, 5) is 26.4. The Morgan fingerprint density at radius 2 is 1.87 bits per heavy atom. The lowest BCUT2D eigenvalue weighted by Gasteiger charge is -2.14. The number of aryl methyl sites for hydroxylation is 1. The second-order valence-corrected chi connectivity index (χ2v) is 7.04. The lowest BCUT2D eigenvalue weighted by atomic mass is 10.0. The van der Waals surface area contributed by atoms with E-state index in [-0.39, 0.29) is 5.91 Å². The molecule has 0 aliphatic rings. The van der Waals surface area contributed by atoms with Crippen molar-refractivity contribution in [1.29, 1.82) is 0 Å². The molecule has 4 rings (SSSR count). The Labute approximate surface area is 175 Å². The maximum atomic E-state index is 13.1. The highest BCUT2D eigenvalue weighted by atomic mass is 16.5. The Morgan fingerprint density at radius 3 is 2.63 bits per heavy atom. The van der Waals surface area contributed by atoms with Crippen LogP contribution in [0.2, 0.25) is 0 Å². The number of fused-ring (bicyclic) bond motifs is 1. The first-order chi connectivity index (χ1) is 14.6. The highest BCUT2D eigenvalue weighted by molar-refractivity contribution is 6.07. The van der Waals surface area contributed by atoms with Crippen molar-refractivity contribution in [2.24, 2.45) is 0 Å². The molecule has 0 bridgehead atoms. The standard InChI is InChI=1S/C24H22N4O2/c1-15-13-26-22(16(2)23(15)30-3)14-27-24(29)19-12-21(17-8-10-25-11-9-17)28-20-7-5-4-6-18(19)20/h4-13H,14H2,1-3H3,(H,27,29). The third-order valence-corrected chi connectivity index (χ3v) is 5.10. The lowest BCUT2D eigenvalue weighted by molar-refractivity contribution is 0.0952.